The topological polar surface area (TPSA) is 96.8 Å². The Labute approximate surface area is 175 Å². The minimum absolute atomic E-state index is 0.160. The molecule has 2 aromatic heterocycles. The van der Waals surface area contributed by atoms with E-state index >= 15 is 0 Å². The summed E-state index contributed by atoms with van der Waals surface area (Å²) >= 11 is 0. The van der Waals surface area contributed by atoms with E-state index in [-0.39, 0.29) is 5.56 Å². The van der Waals surface area contributed by atoms with Crippen LogP contribution < -0.4 is 20.3 Å². The number of fused-ring (bicyclic) bond motifs is 1. The number of benzene rings is 1. The molecule has 0 saturated carbocycles. The molecule has 1 fully saturated rings. The summed E-state index contributed by atoms with van der Waals surface area (Å²) in [5.41, 5.74) is 1.59. The van der Waals surface area contributed by atoms with Gasteiger partial charge in [-0.3, -0.25) is 14.8 Å². The van der Waals surface area contributed by atoms with Crippen molar-refractivity contribution in [2.75, 3.05) is 32.6 Å². The number of methoxy groups -OCH3 is 2. The zero-order valence-corrected chi connectivity index (χ0v) is 17.6. The Hall–Kier alpha value is -3.07. The zero-order valence-electron chi connectivity index (χ0n) is 17.6. The molecule has 1 aliphatic rings. The molecule has 0 spiro atoms. The molecular formula is C21H28N6O3. The van der Waals surface area contributed by atoms with Crippen LogP contribution in [0.5, 0.6) is 11.5 Å². The molecule has 0 aliphatic carbocycles. The molecule has 1 aromatic carbocycles. The molecule has 0 amide bonds. The van der Waals surface area contributed by atoms with Crippen LogP contribution in [0.1, 0.15) is 31.0 Å². The third-order valence-corrected chi connectivity index (χ3v) is 5.55. The van der Waals surface area contributed by atoms with E-state index in [1.54, 1.807) is 20.3 Å². The largest absolute Gasteiger partial charge is 0.493 e. The molecule has 1 aliphatic heterocycles. The first-order chi connectivity index (χ1) is 14.6. The fourth-order valence-corrected chi connectivity index (χ4v) is 3.71. The fourth-order valence-electron chi connectivity index (χ4n) is 3.71. The summed E-state index contributed by atoms with van der Waals surface area (Å²) in [6, 6.07) is 7.28. The van der Waals surface area contributed by atoms with Gasteiger partial charge in [-0.15, -0.1) is 0 Å². The zero-order chi connectivity index (χ0) is 21.1. The molecule has 9 heteroatoms. The first kappa shape index (κ1) is 20.2. The van der Waals surface area contributed by atoms with E-state index in [1.165, 1.54) is 17.4 Å². The van der Waals surface area contributed by atoms with Crippen molar-refractivity contribution in [1.82, 2.24) is 24.5 Å². The normalized spacial score (nSPS) is 15.4. The predicted octanol–water partition coefficient (Wildman–Crippen LogP) is 2.28. The van der Waals surface area contributed by atoms with Crippen LogP contribution in [-0.2, 0) is 13.1 Å². The lowest BCUT2D eigenvalue weighted by Crippen LogP contribution is -2.33. The van der Waals surface area contributed by atoms with Gasteiger partial charge in [-0.05, 0) is 49.5 Å². The van der Waals surface area contributed by atoms with Crippen LogP contribution in [0.3, 0.4) is 0 Å². The van der Waals surface area contributed by atoms with Crippen molar-refractivity contribution < 1.29 is 9.47 Å². The van der Waals surface area contributed by atoms with Crippen LogP contribution in [0.2, 0.25) is 0 Å². The molecule has 0 bridgehead atoms. The van der Waals surface area contributed by atoms with Gasteiger partial charge in [0.05, 0.1) is 19.9 Å². The molecule has 3 aromatic rings. The summed E-state index contributed by atoms with van der Waals surface area (Å²) in [4.78, 5) is 23.9. The number of H-pyrrole nitrogens is 1. The number of piperidine rings is 1. The summed E-state index contributed by atoms with van der Waals surface area (Å²) in [7, 11) is 3.21. The van der Waals surface area contributed by atoms with E-state index in [1.807, 2.05) is 18.2 Å². The van der Waals surface area contributed by atoms with Crippen molar-refractivity contribution >= 4 is 11.7 Å². The fraction of sp³-hybridized carbons (Fsp3) is 0.476. The van der Waals surface area contributed by atoms with Gasteiger partial charge in [0.25, 0.3) is 11.3 Å². The molecule has 3 heterocycles. The average Bonchev–Trinajstić information content (AvgIpc) is 3.17. The van der Waals surface area contributed by atoms with Gasteiger partial charge < -0.3 is 14.8 Å². The van der Waals surface area contributed by atoms with Crippen molar-refractivity contribution in [3.63, 3.8) is 0 Å². The van der Waals surface area contributed by atoms with E-state index in [4.69, 9.17) is 9.47 Å². The summed E-state index contributed by atoms with van der Waals surface area (Å²) in [5.74, 6) is 2.97. The van der Waals surface area contributed by atoms with Gasteiger partial charge in [0, 0.05) is 19.2 Å². The van der Waals surface area contributed by atoms with Crippen molar-refractivity contribution in [3.8, 4) is 11.5 Å². The number of anilines is 1. The number of nitrogens with one attached hydrogen (secondary N) is 2. The van der Waals surface area contributed by atoms with Crippen LogP contribution in [-0.4, -0.2) is 51.8 Å². The Bertz CT molecular complexity index is 1070. The van der Waals surface area contributed by atoms with Crippen LogP contribution in [0.4, 0.5) is 5.95 Å². The van der Waals surface area contributed by atoms with Gasteiger partial charge in [-0.25, -0.2) is 4.98 Å². The molecule has 0 radical (unpaired) electrons. The Balaban J connectivity index is 1.47. The third kappa shape index (κ3) is 4.40. The molecule has 2 N–H and O–H groups in total. The quantitative estimate of drug-likeness (QED) is 0.614. The Morgan fingerprint density at radius 2 is 1.90 bits per heavy atom. The van der Waals surface area contributed by atoms with Crippen molar-refractivity contribution in [2.45, 2.75) is 32.9 Å². The SMILES string of the molecule is COc1ccc(CNc2nc3nc(CN4CCC(C)CC4)cc(=O)n3[nH]2)cc1OC. The van der Waals surface area contributed by atoms with Crippen LogP contribution in [0.25, 0.3) is 5.78 Å². The molecule has 1 saturated heterocycles. The molecule has 30 heavy (non-hydrogen) atoms. The number of likely N-dealkylation sites (tertiary alicyclic amines) is 1. The van der Waals surface area contributed by atoms with Crippen molar-refractivity contribution in [2.24, 2.45) is 5.92 Å². The third-order valence-electron chi connectivity index (χ3n) is 5.55. The van der Waals surface area contributed by atoms with Gasteiger partial charge in [0.1, 0.15) is 0 Å². The first-order valence-corrected chi connectivity index (χ1v) is 10.2. The number of aromatic amines is 1. The maximum absolute atomic E-state index is 12.5. The van der Waals surface area contributed by atoms with E-state index in [0.29, 0.717) is 36.3 Å². The average molecular weight is 412 g/mol. The van der Waals surface area contributed by atoms with E-state index in [0.717, 1.165) is 30.3 Å². The maximum atomic E-state index is 12.5. The lowest BCUT2D eigenvalue weighted by Gasteiger charge is -2.29. The minimum Gasteiger partial charge on any atom is -0.493 e. The van der Waals surface area contributed by atoms with Gasteiger partial charge in [0.2, 0.25) is 5.95 Å². The van der Waals surface area contributed by atoms with E-state index in [9.17, 15) is 4.79 Å². The number of aromatic nitrogens is 4. The number of rotatable bonds is 7. The first-order valence-electron chi connectivity index (χ1n) is 10.2. The van der Waals surface area contributed by atoms with Gasteiger partial charge in [-0.2, -0.15) is 9.50 Å². The van der Waals surface area contributed by atoms with E-state index < -0.39 is 0 Å². The number of hydrogen-bond acceptors (Lipinski definition) is 7. The maximum Gasteiger partial charge on any atom is 0.274 e. The number of nitrogens with zero attached hydrogens (tertiary/aromatic N) is 4. The van der Waals surface area contributed by atoms with Crippen molar-refractivity contribution in [3.05, 3.63) is 45.9 Å². The molecule has 0 atom stereocenters. The monoisotopic (exact) mass is 412 g/mol. The van der Waals surface area contributed by atoms with Crippen LogP contribution >= 0.6 is 0 Å². The summed E-state index contributed by atoms with van der Waals surface area (Å²) in [6.45, 7) is 5.56. The van der Waals surface area contributed by atoms with Gasteiger partial charge >= 0.3 is 0 Å². The van der Waals surface area contributed by atoms with Gasteiger partial charge in [-0.1, -0.05) is 13.0 Å². The molecule has 9 nitrogen and oxygen atoms in total. The Morgan fingerprint density at radius 3 is 2.63 bits per heavy atom. The minimum atomic E-state index is -0.160. The van der Waals surface area contributed by atoms with Crippen LogP contribution in [0, 0.1) is 5.92 Å². The summed E-state index contributed by atoms with van der Waals surface area (Å²) < 4.78 is 12.0. The smallest absolute Gasteiger partial charge is 0.274 e. The highest BCUT2D eigenvalue weighted by molar-refractivity contribution is 5.44. The lowest BCUT2D eigenvalue weighted by molar-refractivity contribution is 0.183. The second kappa shape index (κ2) is 8.74. The lowest BCUT2D eigenvalue weighted by atomic mass is 9.99. The second-order valence-electron chi connectivity index (χ2n) is 7.79. The molecular weight excluding hydrogens is 384 g/mol. The second-order valence-corrected chi connectivity index (χ2v) is 7.79. The molecule has 160 valence electrons. The van der Waals surface area contributed by atoms with Crippen LogP contribution in [0.15, 0.2) is 29.1 Å². The highest BCUT2D eigenvalue weighted by Crippen LogP contribution is 2.27. The summed E-state index contributed by atoms with van der Waals surface area (Å²) in [5, 5.41) is 6.17. The number of ether oxygens (including phenoxy) is 2. The Morgan fingerprint density at radius 1 is 1.13 bits per heavy atom. The van der Waals surface area contributed by atoms with E-state index in [2.05, 4.69) is 32.2 Å². The molecule has 0 unspecified atom stereocenters. The van der Waals surface area contributed by atoms with Gasteiger partial charge in [0.15, 0.2) is 11.5 Å². The standard InChI is InChI=1S/C21H28N6O3/c1-14-6-8-26(9-7-14)13-16-11-19(28)27-21(23-16)24-20(25-27)22-12-15-4-5-17(29-2)18(10-15)30-3/h4-5,10-11,14H,6-9,12-13H2,1-3H3,(H2,22,23,24,25). The summed E-state index contributed by atoms with van der Waals surface area (Å²) in [6.07, 6.45) is 2.38. The predicted molar refractivity (Wildman–Crippen MR) is 114 cm³/mol. The highest BCUT2D eigenvalue weighted by Gasteiger charge is 2.17. The Kier molecular flexibility index (Phi) is 5.89. The highest BCUT2D eigenvalue weighted by atomic mass is 16.5. The van der Waals surface area contributed by atoms with Crippen molar-refractivity contribution in [1.29, 1.82) is 0 Å². The molecule has 4 rings (SSSR count). The number of hydrogen-bond donors (Lipinski definition) is 2.